The molecule has 7 heteroatoms. The van der Waals surface area contributed by atoms with Gasteiger partial charge in [-0.25, -0.2) is 4.68 Å². The van der Waals surface area contributed by atoms with Gasteiger partial charge in [-0.2, -0.15) is 5.10 Å². The average molecular weight is 315 g/mol. The molecule has 1 aromatic heterocycles. The molecule has 0 atom stereocenters. The van der Waals surface area contributed by atoms with Gasteiger partial charge >= 0.3 is 5.97 Å². The molecule has 2 aromatic rings. The maximum Gasteiger partial charge on any atom is 0.303 e. The number of carbonyl (C=O) groups excluding carboxylic acids is 1. The molecule has 0 bridgehead atoms. The van der Waals surface area contributed by atoms with Gasteiger partial charge in [0, 0.05) is 24.6 Å². The summed E-state index contributed by atoms with van der Waals surface area (Å²) < 4.78 is 1.09. The number of aromatic nitrogens is 2. The molecule has 0 aliphatic carbocycles. The van der Waals surface area contributed by atoms with Crippen LogP contribution in [0.15, 0.2) is 47.3 Å². The zero-order valence-corrected chi connectivity index (χ0v) is 12.4. The maximum atomic E-state index is 11.8. The van der Waals surface area contributed by atoms with E-state index in [4.69, 9.17) is 5.11 Å². The highest BCUT2D eigenvalue weighted by molar-refractivity contribution is 5.75. The minimum Gasteiger partial charge on any atom is -0.481 e. The highest BCUT2D eigenvalue weighted by atomic mass is 16.4. The normalized spacial score (nSPS) is 10.3. The van der Waals surface area contributed by atoms with Gasteiger partial charge in [0.05, 0.1) is 5.69 Å². The number of amides is 1. The van der Waals surface area contributed by atoms with E-state index in [1.54, 1.807) is 6.07 Å². The third-order valence-electron chi connectivity index (χ3n) is 3.12. The van der Waals surface area contributed by atoms with Crippen LogP contribution in [0.3, 0.4) is 0 Å². The second-order valence-corrected chi connectivity index (χ2v) is 4.93. The van der Waals surface area contributed by atoms with Crippen LogP contribution < -0.4 is 10.9 Å². The van der Waals surface area contributed by atoms with E-state index in [2.05, 4.69) is 10.4 Å². The number of carbonyl (C=O) groups is 2. The van der Waals surface area contributed by atoms with Crippen molar-refractivity contribution in [1.82, 2.24) is 15.1 Å². The lowest BCUT2D eigenvalue weighted by atomic mass is 10.1. The molecule has 0 saturated carbocycles. The molecule has 0 spiro atoms. The third-order valence-corrected chi connectivity index (χ3v) is 3.12. The summed E-state index contributed by atoms with van der Waals surface area (Å²) in [5.41, 5.74) is 1.08. The Morgan fingerprint density at radius 2 is 1.87 bits per heavy atom. The number of nitrogens with one attached hydrogen (secondary N) is 1. The highest BCUT2D eigenvalue weighted by Crippen LogP contribution is 2.13. The number of nitrogens with zero attached hydrogens (tertiary/aromatic N) is 2. The summed E-state index contributed by atoms with van der Waals surface area (Å²) in [4.78, 5) is 34.0. The van der Waals surface area contributed by atoms with E-state index in [0.29, 0.717) is 12.1 Å². The lowest BCUT2D eigenvalue weighted by Gasteiger charge is -2.08. The molecule has 1 heterocycles. The van der Waals surface area contributed by atoms with Crippen LogP contribution in [0.1, 0.15) is 12.8 Å². The summed E-state index contributed by atoms with van der Waals surface area (Å²) in [5, 5.41) is 15.3. The molecule has 0 aliphatic heterocycles. The lowest BCUT2D eigenvalue weighted by molar-refractivity contribution is -0.137. The molecule has 2 rings (SSSR count). The first-order chi connectivity index (χ1) is 11.1. The molecular formula is C16H17N3O4. The topological polar surface area (TPSA) is 101 Å². The number of rotatable bonds is 7. The van der Waals surface area contributed by atoms with Gasteiger partial charge in [0.25, 0.3) is 5.56 Å². The molecule has 0 radical (unpaired) electrons. The van der Waals surface area contributed by atoms with Gasteiger partial charge in [0.1, 0.15) is 6.54 Å². The Hall–Kier alpha value is -2.96. The van der Waals surface area contributed by atoms with Gasteiger partial charge in [0.15, 0.2) is 0 Å². The minimum atomic E-state index is -0.910. The van der Waals surface area contributed by atoms with Gasteiger partial charge in [-0.05, 0) is 12.5 Å². The highest BCUT2D eigenvalue weighted by Gasteiger charge is 2.08. The predicted molar refractivity (Wildman–Crippen MR) is 83.8 cm³/mol. The number of aliphatic carboxylic acids is 1. The zero-order chi connectivity index (χ0) is 16.7. The fraction of sp³-hybridized carbons (Fsp3) is 0.250. The van der Waals surface area contributed by atoms with Crippen LogP contribution in [-0.2, 0) is 16.1 Å². The Kier molecular flexibility index (Phi) is 5.62. The molecule has 0 unspecified atom stereocenters. The first-order valence-corrected chi connectivity index (χ1v) is 7.18. The van der Waals surface area contributed by atoms with E-state index in [1.807, 2.05) is 30.3 Å². The Balaban J connectivity index is 2.01. The summed E-state index contributed by atoms with van der Waals surface area (Å²) in [6.07, 6.45) is 0.329. The smallest absolute Gasteiger partial charge is 0.303 e. The Morgan fingerprint density at radius 3 is 2.57 bits per heavy atom. The second-order valence-electron chi connectivity index (χ2n) is 4.93. The van der Waals surface area contributed by atoms with Crippen LogP contribution in [0.25, 0.3) is 11.3 Å². The number of hydrogen-bond acceptors (Lipinski definition) is 4. The van der Waals surface area contributed by atoms with Crippen molar-refractivity contribution in [3.05, 3.63) is 52.8 Å². The summed E-state index contributed by atoms with van der Waals surface area (Å²) in [6.45, 7) is 0.0465. The molecule has 0 aliphatic rings. The van der Waals surface area contributed by atoms with Crippen molar-refractivity contribution < 1.29 is 14.7 Å². The van der Waals surface area contributed by atoms with Crippen molar-refractivity contribution in [2.45, 2.75) is 19.4 Å². The fourth-order valence-corrected chi connectivity index (χ4v) is 1.98. The fourth-order valence-electron chi connectivity index (χ4n) is 1.98. The molecular weight excluding hydrogens is 298 g/mol. The van der Waals surface area contributed by atoms with Crippen LogP contribution >= 0.6 is 0 Å². The van der Waals surface area contributed by atoms with E-state index in [0.717, 1.165) is 10.2 Å². The predicted octanol–water partition coefficient (Wildman–Crippen LogP) is 0.891. The van der Waals surface area contributed by atoms with Gasteiger partial charge in [0.2, 0.25) is 5.91 Å². The summed E-state index contributed by atoms with van der Waals surface area (Å²) in [6, 6.07) is 12.3. The lowest BCUT2D eigenvalue weighted by Crippen LogP contribution is -2.34. The van der Waals surface area contributed by atoms with Crippen LogP contribution in [0.2, 0.25) is 0 Å². The summed E-state index contributed by atoms with van der Waals surface area (Å²) in [5.74, 6) is -1.29. The van der Waals surface area contributed by atoms with Crippen molar-refractivity contribution in [2.75, 3.05) is 6.54 Å². The molecule has 2 N–H and O–H groups in total. The van der Waals surface area contributed by atoms with E-state index in [-0.39, 0.29) is 31.0 Å². The van der Waals surface area contributed by atoms with Gasteiger partial charge in [-0.1, -0.05) is 30.3 Å². The molecule has 1 amide bonds. The first-order valence-electron chi connectivity index (χ1n) is 7.18. The second kappa shape index (κ2) is 7.88. The number of hydrogen-bond donors (Lipinski definition) is 2. The molecule has 23 heavy (non-hydrogen) atoms. The minimum absolute atomic E-state index is 0.0119. The van der Waals surface area contributed by atoms with Crippen molar-refractivity contribution in [3.63, 3.8) is 0 Å². The Morgan fingerprint density at radius 1 is 1.13 bits per heavy atom. The van der Waals surface area contributed by atoms with E-state index in [1.165, 1.54) is 6.07 Å². The molecule has 0 fully saturated rings. The van der Waals surface area contributed by atoms with Gasteiger partial charge in [-0.15, -0.1) is 0 Å². The SMILES string of the molecule is O=C(O)CCCNC(=O)Cn1nc(-c2ccccc2)ccc1=O. The Labute approximate surface area is 132 Å². The maximum absolute atomic E-state index is 11.8. The van der Waals surface area contributed by atoms with Crippen molar-refractivity contribution in [3.8, 4) is 11.3 Å². The molecule has 0 saturated heterocycles. The number of benzene rings is 1. The van der Waals surface area contributed by atoms with Crippen LogP contribution in [0.4, 0.5) is 0 Å². The van der Waals surface area contributed by atoms with Crippen LogP contribution in [-0.4, -0.2) is 33.3 Å². The van der Waals surface area contributed by atoms with Crippen molar-refractivity contribution in [1.29, 1.82) is 0 Å². The van der Waals surface area contributed by atoms with Gasteiger partial charge < -0.3 is 10.4 Å². The largest absolute Gasteiger partial charge is 0.481 e. The average Bonchev–Trinajstić information content (AvgIpc) is 2.54. The monoisotopic (exact) mass is 315 g/mol. The van der Waals surface area contributed by atoms with E-state index >= 15 is 0 Å². The van der Waals surface area contributed by atoms with E-state index in [9.17, 15) is 14.4 Å². The molecule has 120 valence electrons. The summed E-state index contributed by atoms with van der Waals surface area (Å²) in [7, 11) is 0. The van der Waals surface area contributed by atoms with Crippen LogP contribution in [0.5, 0.6) is 0 Å². The van der Waals surface area contributed by atoms with Gasteiger partial charge in [-0.3, -0.25) is 14.4 Å². The molecule has 7 nitrogen and oxygen atoms in total. The Bertz CT molecular complexity index is 740. The third kappa shape index (κ3) is 5.06. The van der Waals surface area contributed by atoms with E-state index < -0.39 is 5.97 Å². The van der Waals surface area contributed by atoms with Crippen LogP contribution in [0, 0.1) is 0 Å². The number of carboxylic acids is 1. The molecule has 1 aromatic carbocycles. The zero-order valence-electron chi connectivity index (χ0n) is 12.4. The number of carboxylic acid groups (broad SMARTS) is 1. The quantitative estimate of drug-likeness (QED) is 0.739. The van der Waals surface area contributed by atoms with Crippen molar-refractivity contribution in [2.24, 2.45) is 0 Å². The summed E-state index contributed by atoms with van der Waals surface area (Å²) >= 11 is 0. The van der Waals surface area contributed by atoms with Crippen molar-refractivity contribution >= 4 is 11.9 Å². The standard InChI is InChI=1S/C16H17N3O4/c20-14(17-10-4-7-16(22)23)11-19-15(21)9-8-13(18-19)12-5-2-1-3-6-12/h1-3,5-6,8-9H,4,7,10-11H2,(H,17,20)(H,22,23). The first kappa shape index (κ1) is 16.4.